The molecule has 3 aromatic rings. The molecule has 0 aliphatic carbocycles. The maximum Gasteiger partial charge on any atom is 0.267 e. The second kappa shape index (κ2) is 5.36. The van der Waals surface area contributed by atoms with Crippen molar-refractivity contribution in [3.63, 3.8) is 0 Å². The van der Waals surface area contributed by atoms with Crippen LogP contribution in [0.4, 0.5) is 0 Å². The fraction of sp³-hybridized carbons (Fsp3) is 0.231. The van der Waals surface area contributed by atoms with E-state index in [1.165, 1.54) is 15.9 Å². The standard InChI is InChI=1S/C13H10Cl2N4OS/c1-3-9-17-18-13(21-9)19-6(2)16-11-7(12(19)20)4-5-8(14)10(11)15/h4-5H,3H2,1-2H3. The van der Waals surface area contributed by atoms with Crippen LogP contribution in [0.3, 0.4) is 0 Å². The van der Waals surface area contributed by atoms with Crippen LogP contribution in [-0.4, -0.2) is 19.7 Å². The first-order valence-electron chi connectivity index (χ1n) is 6.23. The molecule has 3 rings (SSSR count). The zero-order chi connectivity index (χ0) is 15.1. The number of aryl methyl sites for hydroxylation is 2. The Morgan fingerprint density at radius 1 is 1.29 bits per heavy atom. The lowest BCUT2D eigenvalue weighted by atomic mass is 10.2. The summed E-state index contributed by atoms with van der Waals surface area (Å²) in [4.78, 5) is 17.1. The predicted octanol–water partition coefficient (Wildman–Crippen LogP) is 3.41. The molecule has 0 spiro atoms. The van der Waals surface area contributed by atoms with Gasteiger partial charge in [-0.1, -0.05) is 41.5 Å². The van der Waals surface area contributed by atoms with Crippen molar-refractivity contribution in [2.75, 3.05) is 0 Å². The maximum atomic E-state index is 12.7. The average molecular weight is 341 g/mol. The van der Waals surface area contributed by atoms with Crippen molar-refractivity contribution in [1.82, 2.24) is 19.7 Å². The molecule has 108 valence electrons. The summed E-state index contributed by atoms with van der Waals surface area (Å²) in [5.41, 5.74) is 0.179. The van der Waals surface area contributed by atoms with Gasteiger partial charge in [-0.15, -0.1) is 10.2 Å². The summed E-state index contributed by atoms with van der Waals surface area (Å²) in [5, 5.41) is 10.5. The second-order valence-electron chi connectivity index (χ2n) is 4.39. The van der Waals surface area contributed by atoms with Gasteiger partial charge in [0.05, 0.1) is 20.9 Å². The number of nitrogens with zero attached hydrogens (tertiary/aromatic N) is 4. The first-order valence-corrected chi connectivity index (χ1v) is 7.80. The number of hydrogen-bond donors (Lipinski definition) is 0. The fourth-order valence-electron chi connectivity index (χ4n) is 2.00. The van der Waals surface area contributed by atoms with E-state index >= 15 is 0 Å². The van der Waals surface area contributed by atoms with Crippen LogP contribution < -0.4 is 5.56 Å². The van der Waals surface area contributed by atoms with Crippen molar-refractivity contribution in [3.8, 4) is 5.13 Å². The molecule has 21 heavy (non-hydrogen) atoms. The predicted molar refractivity (Wildman–Crippen MR) is 84.9 cm³/mol. The number of rotatable bonds is 2. The smallest absolute Gasteiger partial charge is 0.267 e. The van der Waals surface area contributed by atoms with E-state index in [9.17, 15) is 4.79 Å². The molecule has 0 radical (unpaired) electrons. The minimum atomic E-state index is -0.227. The molecule has 0 fully saturated rings. The summed E-state index contributed by atoms with van der Waals surface area (Å²) >= 11 is 13.5. The van der Waals surface area contributed by atoms with Crippen LogP contribution in [0.5, 0.6) is 0 Å². The third-order valence-corrected chi connectivity index (χ3v) is 4.90. The van der Waals surface area contributed by atoms with Gasteiger partial charge in [-0.2, -0.15) is 0 Å². The summed E-state index contributed by atoms with van der Waals surface area (Å²) in [6.07, 6.45) is 0.772. The molecular formula is C13H10Cl2N4OS. The highest BCUT2D eigenvalue weighted by Crippen LogP contribution is 2.28. The van der Waals surface area contributed by atoms with E-state index in [1.807, 2.05) is 6.92 Å². The van der Waals surface area contributed by atoms with E-state index in [4.69, 9.17) is 23.2 Å². The van der Waals surface area contributed by atoms with Gasteiger partial charge >= 0.3 is 0 Å². The van der Waals surface area contributed by atoms with Crippen molar-refractivity contribution in [3.05, 3.63) is 43.4 Å². The fourth-order valence-corrected chi connectivity index (χ4v) is 3.19. The third-order valence-electron chi connectivity index (χ3n) is 3.05. The Morgan fingerprint density at radius 2 is 2.05 bits per heavy atom. The van der Waals surface area contributed by atoms with Gasteiger partial charge in [0.15, 0.2) is 0 Å². The molecular weight excluding hydrogens is 331 g/mol. The lowest BCUT2D eigenvalue weighted by molar-refractivity contribution is 0.854. The monoisotopic (exact) mass is 340 g/mol. The van der Waals surface area contributed by atoms with Crippen LogP contribution in [0, 0.1) is 6.92 Å². The zero-order valence-electron chi connectivity index (χ0n) is 11.2. The van der Waals surface area contributed by atoms with E-state index < -0.39 is 0 Å². The number of aromatic nitrogens is 4. The van der Waals surface area contributed by atoms with Gasteiger partial charge in [0.25, 0.3) is 5.56 Å². The highest BCUT2D eigenvalue weighted by Gasteiger charge is 2.16. The highest BCUT2D eigenvalue weighted by molar-refractivity contribution is 7.13. The third kappa shape index (κ3) is 2.33. The van der Waals surface area contributed by atoms with E-state index in [1.54, 1.807) is 19.1 Å². The number of benzene rings is 1. The first kappa shape index (κ1) is 14.4. The minimum absolute atomic E-state index is 0.227. The number of hydrogen-bond acceptors (Lipinski definition) is 5. The summed E-state index contributed by atoms with van der Waals surface area (Å²) in [6.45, 7) is 3.71. The molecule has 1 aromatic carbocycles. The summed E-state index contributed by atoms with van der Waals surface area (Å²) in [5.74, 6) is 0.496. The van der Waals surface area contributed by atoms with Crippen molar-refractivity contribution < 1.29 is 0 Å². The Labute approximate surface area is 134 Å². The lowest BCUT2D eigenvalue weighted by Gasteiger charge is -2.08. The molecule has 0 bridgehead atoms. The van der Waals surface area contributed by atoms with E-state index in [0.717, 1.165) is 11.4 Å². The van der Waals surface area contributed by atoms with Gasteiger partial charge in [0, 0.05) is 0 Å². The van der Waals surface area contributed by atoms with E-state index in [2.05, 4.69) is 15.2 Å². The summed E-state index contributed by atoms with van der Waals surface area (Å²) < 4.78 is 1.45. The van der Waals surface area contributed by atoms with Gasteiger partial charge in [-0.25, -0.2) is 9.55 Å². The van der Waals surface area contributed by atoms with Crippen LogP contribution in [-0.2, 0) is 6.42 Å². The van der Waals surface area contributed by atoms with Crippen LogP contribution in [0.15, 0.2) is 16.9 Å². The molecule has 0 atom stereocenters. The molecule has 2 heterocycles. The van der Waals surface area contributed by atoms with Crippen LogP contribution in [0.1, 0.15) is 17.8 Å². The first-order chi connectivity index (χ1) is 10.0. The largest absolute Gasteiger partial charge is 0.268 e. The van der Waals surface area contributed by atoms with Gasteiger partial charge in [0.1, 0.15) is 10.8 Å². The molecule has 0 saturated carbocycles. The van der Waals surface area contributed by atoms with Gasteiger partial charge < -0.3 is 0 Å². The van der Waals surface area contributed by atoms with Crippen molar-refractivity contribution >= 4 is 45.4 Å². The molecule has 2 aromatic heterocycles. The van der Waals surface area contributed by atoms with Gasteiger partial charge in [0.2, 0.25) is 5.13 Å². The Bertz CT molecular complexity index is 903. The number of fused-ring (bicyclic) bond motifs is 1. The molecule has 0 aliphatic rings. The Kier molecular flexibility index (Phi) is 3.69. The lowest BCUT2D eigenvalue weighted by Crippen LogP contribution is -2.22. The maximum absolute atomic E-state index is 12.7. The van der Waals surface area contributed by atoms with Crippen LogP contribution in [0.25, 0.3) is 16.0 Å². The topological polar surface area (TPSA) is 60.7 Å². The zero-order valence-corrected chi connectivity index (χ0v) is 13.6. The normalized spacial score (nSPS) is 11.2. The van der Waals surface area contributed by atoms with Crippen molar-refractivity contribution in [2.45, 2.75) is 20.3 Å². The molecule has 0 amide bonds. The van der Waals surface area contributed by atoms with Gasteiger partial charge in [-0.05, 0) is 25.5 Å². The molecule has 0 N–H and O–H groups in total. The summed E-state index contributed by atoms with van der Waals surface area (Å²) in [6, 6.07) is 3.21. The Hall–Kier alpha value is -1.50. The second-order valence-corrected chi connectivity index (χ2v) is 6.21. The van der Waals surface area contributed by atoms with Crippen LogP contribution >= 0.6 is 34.5 Å². The Morgan fingerprint density at radius 3 is 2.71 bits per heavy atom. The number of halogens is 2. The highest BCUT2D eigenvalue weighted by atomic mass is 35.5. The van der Waals surface area contributed by atoms with E-state index in [0.29, 0.717) is 26.9 Å². The molecule has 0 aliphatic heterocycles. The van der Waals surface area contributed by atoms with Crippen molar-refractivity contribution in [1.29, 1.82) is 0 Å². The average Bonchev–Trinajstić information content (AvgIpc) is 2.92. The molecule has 0 saturated heterocycles. The molecule has 5 nitrogen and oxygen atoms in total. The Balaban J connectivity index is 2.35. The molecule has 8 heteroatoms. The van der Waals surface area contributed by atoms with Gasteiger partial charge in [-0.3, -0.25) is 4.79 Å². The van der Waals surface area contributed by atoms with Crippen LogP contribution in [0.2, 0.25) is 10.0 Å². The molecule has 0 unspecified atom stereocenters. The quantitative estimate of drug-likeness (QED) is 0.717. The SMILES string of the molecule is CCc1nnc(-n2c(C)nc3c(Cl)c(Cl)ccc3c2=O)s1. The minimum Gasteiger partial charge on any atom is -0.268 e. The van der Waals surface area contributed by atoms with Crippen molar-refractivity contribution in [2.24, 2.45) is 0 Å². The van der Waals surface area contributed by atoms with E-state index in [-0.39, 0.29) is 10.6 Å². The summed E-state index contributed by atoms with van der Waals surface area (Å²) in [7, 11) is 0.